The number of carbonyl (C=O) groups is 1. The van der Waals surface area contributed by atoms with Crippen molar-refractivity contribution in [3.05, 3.63) is 23.4 Å². The van der Waals surface area contributed by atoms with Gasteiger partial charge in [0.25, 0.3) is 0 Å². The van der Waals surface area contributed by atoms with Gasteiger partial charge in [0.1, 0.15) is 17.1 Å². The van der Waals surface area contributed by atoms with Crippen molar-refractivity contribution in [3.8, 4) is 6.07 Å². The number of ether oxygens (including phenoxy) is 1. The van der Waals surface area contributed by atoms with Crippen molar-refractivity contribution in [2.24, 2.45) is 5.92 Å². The summed E-state index contributed by atoms with van der Waals surface area (Å²) in [5.41, 5.74) is -1.19. The first-order valence-electron chi connectivity index (χ1n) is 5.98. The predicted molar refractivity (Wildman–Crippen MR) is 68.6 cm³/mol. The quantitative estimate of drug-likeness (QED) is 0.799. The molecule has 1 heterocycles. The summed E-state index contributed by atoms with van der Waals surface area (Å²) in [7, 11) is 2.59. The lowest BCUT2D eigenvalue weighted by atomic mass is 10.1. The molecule has 0 aromatic carbocycles. The van der Waals surface area contributed by atoms with E-state index >= 15 is 0 Å². The maximum absolute atomic E-state index is 12.7. The molecule has 1 rings (SSSR count). The average molecular weight is 301 g/mol. The second-order valence-corrected chi connectivity index (χ2v) is 4.47. The minimum Gasteiger partial charge on any atom is -0.465 e. The fraction of sp³-hybridized carbons (Fsp3) is 0.462. The Bertz CT molecular complexity index is 567. The largest absolute Gasteiger partial charge is 0.465 e. The number of rotatable bonds is 4. The molecule has 0 bridgehead atoms. The van der Waals surface area contributed by atoms with Gasteiger partial charge in [-0.3, -0.25) is 0 Å². The van der Waals surface area contributed by atoms with Crippen LogP contribution in [0.2, 0.25) is 0 Å². The highest BCUT2D eigenvalue weighted by Crippen LogP contribution is 2.30. The predicted octanol–water partition coefficient (Wildman–Crippen LogP) is 2.48. The van der Waals surface area contributed by atoms with Gasteiger partial charge in [-0.25, -0.2) is 9.78 Å². The number of nitriles is 1. The highest BCUT2D eigenvalue weighted by molar-refractivity contribution is 5.94. The fourth-order valence-electron chi connectivity index (χ4n) is 1.70. The number of carbonyl (C=O) groups excluding carboxylic acids is 1. The standard InChI is InChI=1S/C13H14F3N3O2/c1-8(6-17)7-19(2)11-9(12(20)21-3)4-5-10(18-11)13(14,15)16/h4-5,8H,7H2,1-3H3. The molecule has 5 nitrogen and oxygen atoms in total. The molecule has 1 aromatic rings. The first kappa shape index (κ1) is 16.8. The summed E-state index contributed by atoms with van der Waals surface area (Å²) >= 11 is 0. The summed E-state index contributed by atoms with van der Waals surface area (Å²) in [6.45, 7) is 1.75. The van der Waals surface area contributed by atoms with Crippen LogP contribution in [-0.2, 0) is 10.9 Å². The lowest BCUT2D eigenvalue weighted by molar-refractivity contribution is -0.141. The van der Waals surface area contributed by atoms with Crippen LogP contribution in [-0.4, -0.2) is 31.7 Å². The molecule has 0 saturated carbocycles. The van der Waals surface area contributed by atoms with Crippen molar-refractivity contribution < 1.29 is 22.7 Å². The summed E-state index contributed by atoms with van der Waals surface area (Å²) in [6, 6.07) is 3.70. The second kappa shape index (κ2) is 6.43. The van der Waals surface area contributed by atoms with Crippen LogP contribution in [0.25, 0.3) is 0 Å². The number of halogens is 3. The molecule has 21 heavy (non-hydrogen) atoms. The van der Waals surface area contributed by atoms with Crippen LogP contribution in [0.4, 0.5) is 19.0 Å². The molecule has 0 radical (unpaired) electrons. The van der Waals surface area contributed by atoms with E-state index in [0.717, 1.165) is 19.2 Å². The van der Waals surface area contributed by atoms with Crippen LogP contribution in [0, 0.1) is 17.2 Å². The molecule has 0 spiro atoms. The molecular weight excluding hydrogens is 287 g/mol. The van der Waals surface area contributed by atoms with E-state index in [9.17, 15) is 18.0 Å². The number of anilines is 1. The summed E-state index contributed by atoms with van der Waals surface area (Å²) in [5, 5.41) is 8.77. The van der Waals surface area contributed by atoms with Gasteiger partial charge >= 0.3 is 12.1 Å². The highest BCUT2D eigenvalue weighted by Gasteiger charge is 2.34. The number of methoxy groups -OCH3 is 1. The molecule has 0 aliphatic rings. The van der Waals surface area contributed by atoms with Crippen LogP contribution in [0.15, 0.2) is 12.1 Å². The van der Waals surface area contributed by atoms with Gasteiger partial charge in [-0.15, -0.1) is 0 Å². The SMILES string of the molecule is COC(=O)c1ccc(C(F)(F)F)nc1N(C)CC(C)C#N. The maximum atomic E-state index is 12.7. The number of pyridine rings is 1. The van der Waals surface area contributed by atoms with Gasteiger partial charge in [0.05, 0.1) is 19.1 Å². The van der Waals surface area contributed by atoms with Crippen LogP contribution < -0.4 is 4.90 Å². The fourth-order valence-corrected chi connectivity index (χ4v) is 1.70. The zero-order chi connectivity index (χ0) is 16.2. The Morgan fingerprint density at radius 2 is 2.14 bits per heavy atom. The number of hydrogen-bond acceptors (Lipinski definition) is 5. The first-order chi connectivity index (χ1) is 9.70. The molecule has 0 saturated heterocycles. The van der Waals surface area contributed by atoms with Crippen molar-refractivity contribution in [2.75, 3.05) is 25.6 Å². The number of esters is 1. The Hall–Kier alpha value is -2.30. The van der Waals surface area contributed by atoms with E-state index in [4.69, 9.17) is 5.26 Å². The molecule has 0 aliphatic heterocycles. The Morgan fingerprint density at radius 1 is 1.52 bits per heavy atom. The average Bonchev–Trinajstić information content (AvgIpc) is 2.44. The molecule has 114 valence electrons. The van der Waals surface area contributed by atoms with Crippen LogP contribution >= 0.6 is 0 Å². The van der Waals surface area contributed by atoms with Crippen molar-refractivity contribution in [1.29, 1.82) is 5.26 Å². The van der Waals surface area contributed by atoms with Crippen LogP contribution in [0.1, 0.15) is 23.0 Å². The zero-order valence-corrected chi connectivity index (χ0v) is 11.7. The third-order valence-electron chi connectivity index (χ3n) is 2.70. The van der Waals surface area contributed by atoms with Crippen molar-refractivity contribution in [1.82, 2.24) is 4.98 Å². The van der Waals surface area contributed by atoms with Gasteiger partial charge < -0.3 is 9.64 Å². The van der Waals surface area contributed by atoms with Crippen molar-refractivity contribution in [3.63, 3.8) is 0 Å². The smallest absolute Gasteiger partial charge is 0.433 e. The molecule has 1 aromatic heterocycles. The molecule has 1 unspecified atom stereocenters. The normalized spacial score (nSPS) is 12.4. The number of nitrogens with zero attached hydrogens (tertiary/aromatic N) is 3. The second-order valence-electron chi connectivity index (χ2n) is 4.47. The van der Waals surface area contributed by atoms with Gasteiger partial charge in [0, 0.05) is 13.6 Å². The number of alkyl halides is 3. The summed E-state index contributed by atoms with van der Waals surface area (Å²) < 4.78 is 42.7. The summed E-state index contributed by atoms with van der Waals surface area (Å²) in [6.07, 6.45) is -4.62. The van der Waals surface area contributed by atoms with Gasteiger partial charge in [-0.05, 0) is 19.1 Å². The van der Waals surface area contributed by atoms with Gasteiger partial charge in [-0.2, -0.15) is 18.4 Å². The zero-order valence-electron chi connectivity index (χ0n) is 11.7. The molecule has 1 atom stereocenters. The summed E-state index contributed by atoms with van der Waals surface area (Å²) in [4.78, 5) is 16.4. The Labute approximate surface area is 119 Å². The van der Waals surface area contributed by atoms with E-state index in [-0.39, 0.29) is 17.9 Å². The molecule has 8 heteroatoms. The highest BCUT2D eigenvalue weighted by atomic mass is 19.4. The van der Waals surface area contributed by atoms with Gasteiger partial charge in [0.15, 0.2) is 0 Å². The Balaban J connectivity index is 3.29. The third kappa shape index (κ3) is 4.08. The van der Waals surface area contributed by atoms with E-state index in [1.54, 1.807) is 6.92 Å². The summed E-state index contributed by atoms with van der Waals surface area (Å²) in [5.74, 6) is -1.39. The maximum Gasteiger partial charge on any atom is 0.433 e. The molecule has 0 aliphatic carbocycles. The van der Waals surface area contributed by atoms with E-state index in [2.05, 4.69) is 9.72 Å². The van der Waals surface area contributed by atoms with Crippen molar-refractivity contribution >= 4 is 11.8 Å². The van der Waals surface area contributed by atoms with Crippen molar-refractivity contribution in [2.45, 2.75) is 13.1 Å². The molecule has 0 fully saturated rings. The molecular formula is C13H14F3N3O2. The Morgan fingerprint density at radius 3 is 2.62 bits per heavy atom. The Kier molecular flexibility index (Phi) is 5.13. The van der Waals surface area contributed by atoms with Crippen LogP contribution in [0.3, 0.4) is 0 Å². The lowest BCUT2D eigenvalue weighted by Crippen LogP contribution is -2.27. The number of aromatic nitrogens is 1. The van der Waals surface area contributed by atoms with Gasteiger partial charge in [-0.1, -0.05) is 0 Å². The topological polar surface area (TPSA) is 66.2 Å². The van der Waals surface area contributed by atoms with E-state index in [1.165, 1.54) is 11.9 Å². The van der Waals surface area contributed by atoms with Gasteiger partial charge in [0.2, 0.25) is 0 Å². The van der Waals surface area contributed by atoms with E-state index < -0.39 is 23.8 Å². The number of hydrogen-bond donors (Lipinski definition) is 0. The molecule has 0 N–H and O–H groups in total. The molecule has 0 amide bonds. The van der Waals surface area contributed by atoms with Crippen LogP contribution in [0.5, 0.6) is 0 Å². The lowest BCUT2D eigenvalue weighted by Gasteiger charge is -2.22. The monoisotopic (exact) mass is 301 g/mol. The van der Waals surface area contributed by atoms with E-state index in [1.807, 2.05) is 6.07 Å². The third-order valence-corrected chi connectivity index (χ3v) is 2.70. The minimum atomic E-state index is -4.62. The minimum absolute atomic E-state index is 0.0851. The van der Waals surface area contributed by atoms with E-state index in [0.29, 0.717) is 0 Å². The first-order valence-corrected chi connectivity index (χ1v) is 5.98.